The SMILES string of the molecule is O=C(CCc1nnc2ccc(N3CCOCC3)nn12)NC[C@H]1CCCO1. The molecule has 0 radical (unpaired) electrons. The molecule has 2 aromatic rings. The number of hydrogen-bond donors (Lipinski definition) is 1. The molecule has 1 atom stereocenters. The number of carbonyl (C=O) groups excluding carboxylic acids is 1. The van der Waals surface area contributed by atoms with Crippen LogP contribution in [0.1, 0.15) is 25.1 Å². The first-order chi connectivity index (χ1) is 12.8. The molecule has 0 bridgehead atoms. The van der Waals surface area contributed by atoms with Crippen molar-refractivity contribution in [3.05, 3.63) is 18.0 Å². The van der Waals surface area contributed by atoms with Gasteiger partial charge in [0, 0.05) is 39.1 Å². The van der Waals surface area contributed by atoms with E-state index in [2.05, 4.69) is 25.5 Å². The third-order valence-electron chi connectivity index (χ3n) is 4.77. The highest BCUT2D eigenvalue weighted by atomic mass is 16.5. The summed E-state index contributed by atoms with van der Waals surface area (Å²) in [5.41, 5.74) is 0.691. The second-order valence-corrected chi connectivity index (χ2v) is 6.62. The van der Waals surface area contributed by atoms with Crippen molar-refractivity contribution >= 4 is 17.4 Å². The predicted octanol–water partition coefficient (Wildman–Crippen LogP) is 0.189. The van der Waals surface area contributed by atoms with E-state index in [1.807, 2.05) is 12.1 Å². The summed E-state index contributed by atoms with van der Waals surface area (Å²) in [4.78, 5) is 14.3. The van der Waals surface area contributed by atoms with E-state index >= 15 is 0 Å². The number of nitrogens with one attached hydrogen (secondary N) is 1. The molecule has 0 aromatic carbocycles. The van der Waals surface area contributed by atoms with Gasteiger partial charge in [-0.25, -0.2) is 0 Å². The van der Waals surface area contributed by atoms with Crippen LogP contribution in [0.25, 0.3) is 5.65 Å². The smallest absolute Gasteiger partial charge is 0.220 e. The highest BCUT2D eigenvalue weighted by Gasteiger charge is 2.17. The predicted molar refractivity (Wildman–Crippen MR) is 94.1 cm³/mol. The fourth-order valence-corrected chi connectivity index (χ4v) is 3.29. The molecule has 4 rings (SSSR count). The van der Waals surface area contributed by atoms with Crippen molar-refractivity contribution in [3.8, 4) is 0 Å². The Morgan fingerprint density at radius 3 is 2.92 bits per heavy atom. The molecule has 2 saturated heterocycles. The number of nitrogens with zero attached hydrogens (tertiary/aromatic N) is 5. The van der Waals surface area contributed by atoms with Gasteiger partial charge >= 0.3 is 0 Å². The summed E-state index contributed by atoms with van der Waals surface area (Å²) in [6, 6.07) is 3.86. The molecule has 0 spiro atoms. The standard InChI is InChI=1S/C17H24N6O3/c24-17(18-12-13-2-1-9-26-13)6-5-15-20-19-14-3-4-16(21-23(14)15)22-7-10-25-11-8-22/h3-4,13H,1-2,5-12H2,(H,18,24)/t13-/m1/s1. The van der Waals surface area contributed by atoms with Crippen LogP contribution in [0.2, 0.25) is 0 Å². The van der Waals surface area contributed by atoms with Crippen molar-refractivity contribution in [2.75, 3.05) is 44.4 Å². The maximum Gasteiger partial charge on any atom is 0.220 e. The molecule has 1 amide bonds. The van der Waals surface area contributed by atoms with E-state index < -0.39 is 0 Å². The summed E-state index contributed by atoms with van der Waals surface area (Å²) in [5, 5.41) is 15.9. The second-order valence-electron chi connectivity index (χ2n) is 6.62. The Morgan fingerprint density at radius 1 is 1.23 bits per heavy atom. The van der Waals surface area contributed by atoms with E-state index in [1.54, 1.807) is 4.52 Å². The summed E-state index contributed by atoms with van der Waals surface area (Å²) in [5.74, 6) is 1.58. The first-order valence-corrected chi connectivity index (χ1v) is 9.22. The first kappa shape index (κ1) is 17.2. The van der Waals surface area contributed by atoms with Crippen LogP contribution >= 0.6 is 0 Å². The Balaban J connectivity index is 1.37. The molecular weight excluding hydrogens is 336 g/mol. The van der Waals surface area contributed by atoms with Gasteiger partial charge in [-0.3, -0.25) is 4.79 Å². The Kier molecular flexibility index (Phi) is 5.26. The number of aromatic nitrogens is 4. The van der Waals surface area contributed by atoms with E-state index in [1.165, 1.54) is 0 Å². The van der Waals surface area contributed by atoms with E-state index in [4.69, 9.17) is 9.47 Å². The van der Waals surface area contributed by atoms with Crippen molar-refractivity contribution in [2.45, 2.75) is 31.8 Å². The summed E-state index contributed by atoms with van der Waals surface area (Å²) in [6.45, 7) is 4.44. The molecule has 2 fully saturated rings. The van der Waals surface area contributed by atoms with Crippen molar-refractivity contribution in [3.63, 3.8) is 0 Å². The van der Waals surface area contributed by atoms with Gasteiger partial charge in [-0.2, -0.15) is 4.52 Å². The lowest BCUT2D eigenvalue weighted by Gasteiger charge is -2.27. The van der Waals surface area contributed by atoms with Gasteiger partial charge in [0.25, 0.3) is 0 Å². The lowest BCUT2D eigenvalue weighted by atomic mass is 10.2. The zero-order chi connectivity index (χ0) is 17.8. The number of rotatable bonds is 6. The van der Waals surface area contributed by atoms with Crippen LogP contribution in [0, 0.1) is 0 Å². The fraction of sp³-hybridized carbons (Fsp3) is 0.647. The molecule has 1 N–H and O–H groups in total. The van der Waals surface area contributed by atoms with E-state index in [0.29, 0.717) is 44.1 Å². The molecule has 0 saturated carbocycles. The molecular formula is C17H24N6O3. The quantitative estimate of drug-likeness (QED) is 0.786. The highest BCUT2D eigenvalue weighted by Crippen LogP contribution is 2.14. The lowest BCUT2D eigenvalue weighted by Crippen LogP contribution is -2.37. The number of anilines is 1. The van der Waals surface area contributed by atoms with Gasteiger partial charge in [-0.15, -0.1) is 15.3 Å². The Bertz CT molecular complexity index is 752. The Morgan fingerprint density at radius 2 is 2.12 bits per heavy atom. The number of ether oxygens (including phenoxy) is 2. The minimum Gasteiger partial charge on any atom is -0.378 e. The van der Waals surface area contributed by atoms with Crippen LogP contribution in [-0.4, -0.2) is 71.3 Å². The average Bonchev–Trinajstić information content (AvgIpc) is 3.35. The number of fused-ring (bicyclic) bond motifs is 1. The van der Waals surface area contributed by atoms with Crippen LogP contribution in [0.5, 0.6) is 0 Å². The zero-order valence-electron chi connectivity index (χ0n) is 14.8. The summed E-state index contributed by atoms with van der Waals surface area (Å²) in [6.07, 6.45) is 3.10. The highest BCUT2D eigenvalue weighted by molar-refractivity contribution is 5.76. The molecule has 26 heavy (non-hydrogen) atoms. The molecule has 140 valence electrons. The van der Waals surface area contributed by atoms with Crippen molar-refractivity contribution in [2.24, 2.45) is 0 Å². The van der Waals surface area contributed by atoms with Gasteiger partial charge in [-0.05, 0) is 25.0 Å². The van der Waals surface area contributed by atoms with Crippen molar-refractivity contribution in [1.29, 1.82) is 0 Å². The third kappa shape index (κ3) is 3.94. The van der Waals surface area contributed by atoms with Gasteiger partial charge in [0.15, 0.2) is 11.5 Å². The summed E-state index contributed by atoms with van der Waals surface area (Å²) >= 11 is 0. The van der Waals surface area contributed by atoms with E-state index in [-0.39, 0.29) is 12.0 Å². The lowest BCUT2D eigenvalue weighted by molar-refractivity contribution is -0.121. The van der Waals surface area contributed by atoms with Gasteiger partial charge in [-0.1, -0.05) is 0 Å². The van der Waals surface area contributed by atoms with Crippen LogP contribution in [0.4, 0.5) is 5.82 Å². The minimum atomic E-state index is 0.00147. The maximum atomic E-state index is 12.1. The van der Waals surface area contributed by atoms with E-state index in [9.17, 15) is 4.79 Å². The van der Waals surface area contributed by atoms with Gasteiger partial charge in [0.1, 0.15) is 5.82 Å². The van der Waals surface area contributed by atoms with Crippen LogP contribution in [0.3, 0.4) is 0 Å². The average molecular weight is 360 g/mol. The molecule has 2 aromatic heterocycles. The van der Waals surface area contributed by atoms with Crippen molar-refractivity contribution < 1.29 is 14.3 Å². The molecule has 0 unspecified atom stereocenters. The van der Waals surface area contributed by atoms with Gasteiger partial charge < -0.3 is 19.7 Å². The Hall–Kier alpha value is -2.26. The molecule has 0 aliphatic carbocycles. The fourth-order valence-electron chi connectivity index (χ4n) is 3.29. The van der Waals surface area contributed by atoms with Crippen LogP contribution < -0.4 is 10.2 Å². The van der Waals surface area contributed by atoms with Crippen molar-refractivity contribution in [1.82, 2.24) is 25.1 Å². The monoisotopic (exact) mass is 360 g/mol. The second kappa shape index (κ2) is 7.96. The number of aryl methyl sites for hydroxylation is 1. The van der Waals surface area contributed by atoms with Gasteiger partial charge in [0.2, 0.25) is 5.91 Å². The number of amides is 1. The minimum absolute atomic E-state index is 0.00147. The molecule has 9 heteroatoms. The molecule has 4 heterocycles. The largest absolute Gasteiger partial charge is 0.378 e. The molecule has 2 aliphatic heterocycles. The Labute approximate surface area is 151 Å². The van der Waals surface area contributed by atoms with Crippen LogP contribution in [0.15, 0.2) is 12.1 Å². The first-order valence-electron chi connectivity index (χ1n) is 9.22. The summed E-state index contributed by atoms with van der Waals surface area (Å²) in [7, 11) is 0. The van der Waals surface area contributed by atoms with Crippen LogP contribution in [-0.2, 0) is 20.7 Å². The third-order valence-corrected chi connectivity index (χ3v) is 4.77. The summed E-state index contributed by atoms with van der Waals surface area (Å²) < 4.78 is 12.6. The van der Waals surface area contributed by atoms with Gasteiger partial charge in [0.05, 0.1) is 19.3 Å². The van der Waals surface area contributed by atoms with E-state index in [0.717, 1.165) is 38.4 Å². The zero-order valence-corrected chi connectivity index (χ0v) is 14.8. The topological polar surface area (TPSA) is 93.9 Å². The number of hydrogen-bond acceptors (Lipinski definition) is 7. The normalized spacial score (nSPS) is 20.6. The maximum absolute atomic E-state index is 12.1. The molecule has 2 aliphatic rings. The number of morpholine rings is 1. The number of carbonyl (C=O) groups is 1. The molecule has 9 nitrogen and oxygen atoms in total.